The maximum absolute atomic E-state index is 11.4. The number of hydrogen-bond acceptors (Lipinski definition) is 4. The van der Waals surface area contributed by atoms with Crippen LogP contribution in [0.4, 0.5) is 0 Å². The fraction of sp³-hybridized carbons (Fsp3) is 0.636. The number of nitrogens with zero attached hydrogens (tertiary/aromatic N) is 1. The Hall–Kier alpha value is -1.36. The quantitative estimate of drug-likeness (QED) is 0.514. The number of esters is 1. The lowest BCUT2D eigenvalue weighted by Crippen LogP contribution is -2.41. The Morgan fingerprint density at radius 2 is 2.38 bits per heavy atom. The SMILES string of the molecule is CCC(=CCN1CCOCC1=O)C(=O)OC. The average molecular weight is 227 g/mol. The number of morpholine rings is 1. The van der Waals surface area contributed by atoms with Gasteiger partial charge in [-0.05, 0) is 6.42 Å². The van der Waals surface area contributed by atoms with Gasteiger partial charge in [0, 0.05) is 18.7 Å². The molecular weight excluding hydrogens is 210 g/mol. The molecule has 0 bridgehead atoms. The molecule has 0 atom stereocenters. The molecule has 0 radical (unpaired) electrons. The van der Waals surface area contributed by atoms with E-state index in [0.717, 1.165) is 0 Å². The Morgan fingerprint density at radius 1 is 1.62 bits per heavy atom. The minimum absolute atomic E-state index is 0.0391. The molecule has 1 aliphatic heterocycles. The van der Waals surface area contributed by atoms with Crippen LogP contribution in [-0.4, -0.2) is 50.2 Å². The minimum Gasteiger partial charge on any atom is -0.466 e. The van der Waals surface area contributed by atoms with Crippen molar-refractivity contribution < 1.29 is 19.1 Å². The molecule has 16 heavy (non-hydrogen) atoms. The van der Waals surface area contributed by atoms with Gasteiger partial charge in [-0.1, -0.05) is 13.0 Å². The summed E-state index contributed by atoms with van der Waals surface area (Å²) in [6, 6.07) is 0. The van der Waals surface area contributed by atoms with Crippen molar-refractivity contribution in [3.8, 4) is 0 Å². The maximum atomic E-state index is 11.4. The number of amides is 1. The van der Waals surface area contributed by atoms with Crippen LogP contribution in [0.5, 0.6) is 0 Å². The lowest BCUT2D eigenvalue weighted by atomic mass is 10.2. The third-order valence-electron chi connectivity index (χ3n) is 2.47. The molecule has 0 saturated carbocycles. The van der Waals surface area contributed by atoms with E-state index in [2.05, 4.69) is 4.74 Å². The van der Waals surface area contributed by atoms with Gasteiger partial charge in [-0.2, -0.15) is 0 Å². The first-order valence-electron chi connectivity index (χ1n) is 5.32. The van der Waals surface area contributed by atoms with Crippen LogP contribution >= 0.6 is 0 Å². The zero-order valence-corrected chi connectivity index (χ0v) is 9.69. The number of carbonyl (C=O) groups is 2. The van der Waals surface area contributed by atoms with E-state index >= 15 is 0 Å². The summed E-state index contributed by atoms with van der Waals surface area (Å²) in [6.07, 6.45) is 2.35. The van der Waals surface area contributed by atoms with Crippen LogP contribution < -0.4 is 0 Å². The fourth-order valence-corrected chi connectivity index (χ4v) is 1.47. The third kappa shape index (κ3) is 3.34. The van der Waals surface area contributed by atoms with Crippen molar-refractivity contribution >= 4 is 11.9 Å². The van der Waals surface area contributed by atoms with E-state index in [1.807, 2.05) is 6.92 Å². The van der Waals surface area contributed by atoms with Crippen LogP contribution in [0.25, 0.3) is 0 Å². The lowest BCUT2D eigenvalue weighted by molar-refractivity contribution is -0.142. The van der Waals surface area contributed by atoms with E-state index in [4.69, 9.17) is 4.74 Å². The van der Waals surface area contributed by atoms with Crippen LogP contribution in [0.2, 0.25) is 0 Å². The topological polar surface area (TPSA) is 55.8 Å². The van der Waals surface area contributed by atoms with Crippen molar-refractivity contribution in [3.63, 3.8) is 0 Å². The number of rotatable bonds is 4. The van der Waals surface area contributed by atoms with Crippen LogP contribution in [0.15, 0.2) is 11.6 Å². The van der Waals surface area contributed by atoms with Crippen molar-refractivity contribution in [2.45, 2.75) is 13.3 Å². The smallest absolute Gasteiger partial charge is 0.333 e. The second kappa shape index (κ2) is 6.27. The molecule has 0 N–H and O–H groups in total. The van der Waals surface area contributed by atoms with Crippen LogP contribution in [0, 0.1) is 0 Å². The Labute approximate surface area is 95.0 Å². The zero-order valence-electron chi connectivity index (χ0n) is 9.69. The van der Waals surface area contributed by atoms with Gasteiger partial charge in [0.2, 0.25) is 5.91 Å². The molecule has 0 spiro atoms. The monoisotopic (exact) mass is 227 g/mol. The van der Waals surface area contributed by atoms with Gasteiger partial charge in [-0.3, -0.25) is 4.79 Å². The molecule has 0 unspecified atom stereocenters. The zero-order chi connectivity index (χ0) is 12.0. The number of carbonyl (C=O) groups excluding carboxylic acids is 2. The number of ether oxygens (including phenoxy) is 2. The molecule has 1 aliphatic rings. The van der Waals surface area contributed by atoms with E-state index in [1.165, 1.54) is 7.11 Å². The van der Waals surface area contributed by atoms with Crippen molar-refractivity contribution in [1.29, 1.82) is 0 Å². The van der Waals surface area contributed by atoms with Crippen molar-refractivity contribution in [2.75, 3.05) is 33.4 Å². The molecule has 1 amide bonds. The standard InChI is InChI=1S/C11H17NO4/c1-3-9(11(14)15-2)4-5-12-6-7-16-8-10(12)13/h4H,3,5-8H2,1-2H3. The van der Waals surface area contributed by atoms with E-state index in [-0.39, 0.29) is 18.5 Å². The highest BCUT2D eigenvalue weighted by Gasteiger charge is 2.17. The number of hydrogen-bond donors (Lipinski definition) is 0. The maximum Gasteiger partial charge on any atom is 0.333 e. The van der Waals surface area contributed by atoms with Gasteiger partial charge >= 0.3 is 5.97 Å². The first kappa shape index (κ1) is 12.7. The Bertz CT molecular complexity index is 298. The molecule has 0 aromatic carbocycles. The Balaban J connectivity index is 2.55. The van der Waals surface area contributed by atoms with Gasteiger partial charge in [-0.15, -0.1) is 0 Å². The van der Waals surface area contributed by atoms with Crippen molar-refractivity contribution in [3.05, 3.63) is 11.6 Å². The summed E-state index contributed by atoms with van der Waals surface area (Å²) < 4.78 is 9.64. The third-order valence-corrected chi connectivity index (χ3v) is 2.47. The minimum atomic E-state index is -0.330. The molecule has 5 nitrogen and oxygen atoms in total. The van der Waals surface area contributed by atoms with Crippen LogP contribution in [0.1, 0.15) is 13.3 Å². The van der Waals surface area contributed by atoms with E-state index in [9.17, 15) is 9.59 Å². The summed E-state index contributed by atoms with van der Waals surface area (Å²) in [6.45, 7) is 3.59. The Kier molecular flexibility index (Phi) is 4.98. The largest absolute Gasteiger partial charge is 0.466 e. The molecule has 1 heterocycles. The molecular formula is C11H17NO4. The highest BCUT2D eigenvalue weighted by molar-refractivity contribution is 5.88. The predicted molar refractivity (Wildman–Crippen MR) is 57.8 cm³/mol. The highest BCUT2D eigenvalue weighted by atomic mass is 16.5. The average Bonchev–Trinajstić information content (AvgIpc) is 2.31. The van der Waals surface area contributed by atoms with Crippen molar-refractivity contribution in [2.24, 2.45) is 0 Å². The number of methoxy groups -OCH3 is 1. The summed E-state index contributed by atoms with van der Waals surface area (Å²) in [5.74, 6) is -0.369. The summed E-state index contributed by atoms with van der Waals surface area (Å²) >= 11 is 0. The van der Waals surface area contributed by atoms with E-state index in [0.29, 0.717) is 31.7 Å². The van der Waals surface area contributed by atoms with E-state index in [1.54, 1.807) is 11.0 Å². The molecule has 0 aliphatic carbocycles. The second-order valence-corrected chi connectivity index (χ2v) is 3.47. The lowest BCUT2D eigenvalue weighted by Gasteiger charge is -2.25. The highest BCUT2D eigenvalue weighted by Crippen LogP contribution is 2.05. The van der Waals surface area contributed by atoms with Crippen molar-refractivity contribution in [1.82, 2.24) is 4.90 Å². The first-order chi connectivity index (χ1) is 7.69. The van der Waals surface area contributed by atoms with E-state index < -0.39 is 0 Å². The fourth-order valence-electron chi connectivity index (χ4n) is 1.47. The van der Waals surface area contributed by atoms with Gasteiger partial charge in [-0.25, -0.2) is 4.79 Å². The van der Waals surface area contributed by atoms with Gasteiger partial charge in [0.1, 0.15) is 6.61 Å². The van der Waals surface area contributed by atoms with Gasteiger partial charge < -0.3 is 14.4 Å². The molecule has 5 heteroatoms. The molecule has 90 valence electrons. The molecule has 0 aromatic rings. The Morgan fingerprint density at radius 3 is 2.94 bits per heavy atom. The molecule has 1 saturated heterocycles. The summed E-state index contributed by atoms with van der Waals surface area (Å²) in [4.78, 5) is 24.3. The summed E-state index contributed by atoms with van der Waals surface area (Å²) in [5, 5.41) is 0. The molecule has 1 fully saturated rings. The first-order valence-corrected chi connectivity index (χ1v) is 5.32. The van der Waals surface area contributed by atoms with Crippen LogP contribution in [0.3, 0.4) is 0 Å². The predicted octanol–water partition coefficient (Wildman–Crippen LogP) is 0.355. The normalized spacial score (nSPS) is 17.5. The van der Waals surface area contributed by atoms with Gasteiger partial charge in [0.05, 0.1) is 13.7 Å². The summed E-state index contributed by atoms with van der Waals surface area (Å²) in [7, 11) is 1.35. The van der Waals surface area contributed by atoms with Gasteiger partial charge in [0.15, 0.2) is 0 Å². The molecule has 0 aromatic heterocycles. The van der Waals surface area contributed by atoms with Crippen LogP contribution in [-0.2, 0) is 19.1 Å². The summed E-state index contributed by atoms with van der Waals surface area (Å²) in [5.41, 5.74) is 0.599. The second-order valence-electron chi connectivity index (χ2n) is 3.47. The van der Waals surface area contributed by atoms with Gasteiger partial charge in [0.25, 0.3) is 0 Å². The molecule has 1 rings (SSSR count).